The van der Waals surface area contributed by atoms with Gasteiger partial charge in [-0.15, -0.1) is 0 Å². The number of Topliss-reactive ketones (excluding diaryl/α,β-unsaturated/α-hetero) is 2. The van der Waals surface area contributed by atoms with E-state index in [0.29, 0.717) is 24.3 Å². The van der Waals surface area contributed by atoms with Crippen LogP contribution in [-0.4, -0.2) is 127 Å². The van der Waals surface area contributed by atoms with E-state index in [0.717, 1.165) is 18.8 Å². The number of nitrogens with zero attached hydrogens (tertiary/aromatic N) is 4. The van der Waals surface area contributed by atoms with E-state index >= 15 is 0 Å². The first-order chi connectivity index (χ1) is 18.7. The zero-order valence-electron chi connectivity index (χ0n) is 23.6. The minimum absolute atomic E-state index is 0.0893. The van der Waals surface area contributed by atoms with Crippen LogP contribution in [-0.2, 0) is 20.8 Å². The third-order valence-corrected chi connectivity index (χ3v) is 9.37. The summed E-state index contributed by atoms with van der Waals surface area (Å²) in [5, 5.41) is 46.0. The number of nitrogens with two attached hydrogens (primary N) is 1. The van der Waals surface area contributed by atoms with Crippen LogP contribution in [0.5, 0.6) is 5.75 Å². The number of carbonyl (C=O) groups excluding carboxylic acids is 3. The number of hydrogen-bond donors (Lipinski definition) is 5. The van der Waals surface area contributed by atoms with Crippen molar-refractivity contribution in [2.75, 3.05) is 71.2 Å². The highest BCUT2D eigenvalue weighted by molar-refractivity contribution is 6.25. The molecule has 3 fully saturated rings. The number of fused-ring (bicyclic) bond motifs is 3. The van der Waals surface area contributed by atoms with Crippen molar-refractivity contribution in [2.24, 2.45) is 23.5 Å². The average molecular weight is 558 g/mol. The summed E-state index contributed by atoms with van der Waals surface area (Å²) in [6, 6.07) is 0.975. The van der Waals surface area contributed by atoms with E-state index in [2.05, 4.69) is 4.90 Å². The molecule has 1 aromatic carbocycles. The number of primary amides is 1. The van der Waals surface area contributed by atoms with Crippen molar-refractivity contribution >= 4 is 34.6 Å². The molecule has 2 saturated carbocycles. The molecule has 2 unspecified atom stereocenters. The Balaban J connectivity index is 1.68. The minimum Gasteiger partial charge on any atom is -0.507 e. The molecule has 6 atom stereocenters. The van der Waals surface area contributed by atoms with Gasteiger partial charge in [0.05, 0.1) is 17.4 Å². The van der Waals surface area contributed by atoms with E-state index in [-0.39, 0.29) is 29.7 Å². The first-order valence-corrected chi connectivity index (χ1v) is 13.6. The van der Waals surface area contributed by atoms with Gasteiger partial charge in [0.15, 0.2) is 11.4 Å². The van der Waals surface area contributed by atoms with Crippen LogP contribution in [0.15, 0.2) is 11.6 Å². The summed E-state index contributed by atoms with van der Waals surface area (Å²) in [6.45, 7) is 2.90. The molecule has 1 aromatic rings. The standard InChI is InChI=1S/C28H39N5O7/c1-30(2)16-12-17(33-8-6-32(5)7-9-33)22(34)19-14(16)10-13-11-15-21(31(3)4)24(36)20(27(29)39)26(38)28(15,40)25(37)18(13)23(19)35/h12-13,15,20-21,24,34-36,40H,6-11H2,1-5H3,(H2,29,39)/t13-,15-,20?,21-,24?,28-/m0/s1. The minimum atomic E-state index is -2.67. The number of aliphatic hydroxyl groups excluding tert-OH is 2. The van der Waals surface area contributed by atoms with Gasteiger partial charge in [-0.05, 0) is 51.5 Å². The Kier molecular flexibility index (Phi) is 6.89. The van der Waals surface area contributed by atoms with Crippen molar-refractivity contribution in [3.05, 3.63) is 22.8 Å². The highest BCUT2D eigenvalue weighted by Crippen LogP contribution is 2.54. The van der Waals surface area contributed by atoms with E-state index in [1.807, 2.05) is 37.0 Å². The first-order valence-electron chi connectivity index (χ1n) is 13.6. The normalized spacial score (nSPS) is 32.6. The molecule has 4 aliphatic rings. The van der Waals surface area contributed by atoms with Crippen LogP contribution in [0.1, 0.15) is 17.5 Å². The lowest BCUT2D eigenvalue weighted by molar-refractivity contribution is -0.184. The molecule has 3 aliphatic carbocycles. The fourth-order valence-electron chi connectivity index (χ4n) is 7.33. The third kappa shape index (κ3) is 3.92. The number of benzene rings is 1. The van der Waals surface area contributed by atoms with Gasteiger partial charge >= 0.3 is 0 Å². The predicted octanol–water partition coefficient (Wildman–Crippen LogP) is -1.05. The third-order valence-electron chi connectivity index (χ3n) is 9.37. The fraction of sp³-hybridized carbons (Fsp3) is 0.607. The van der Waals surface area contributed by atoms with Crippen LogP contribution in [0.3, 0.4) is 0 Å². The Morgan fingerprint density at radius 2 is 1.73 bits per heavy atom. The van der Waals surface area contributed by atoms with Crippen LogP contribution in [0, 0.1) is 17.8 Å². The van der Waals surface area contributed by atoms with Crippen LogP contribution in [0.2, 0.25) is 0 Å². The molecule has 5 rings (SSSR count). The Bertz CT molecular complexity index is 1300. The van der Waals surface area contributed by atoms with Gasteiger partial charge in [0, 0.05) is 63.5 Å². The summed E-state index contributed by atoms with van der Waals surface area (Å²) in [4.78, 5) is 47.5. The van der Waals surface area contributed by atoms with Gasteiger partial charge in [0.1, 0.15) is 17.4 Å². The monoisotopic (exact) mass is 557 g/mol. The Morgan fingerprint density at radius 3 is 2.27 bits per heavy atom. The van der Waals surface area contributed by atoms with Crippen molar-refractivity contribution in [2.45, 2.75) is 30.6 Å². The number of phenols is 1. The number of likely N-dealkylation sites (N-methyl/N-ethyl adjacent to an activating group) is 2. The molecule has 1 saturated heterocycles. The molecule has 12 heteroatoms. The van der Waals surface area contributed by atoms with Crippen LogP contribution in [0.4, 0.5) is 11.4 Å². The van der Waals surface area contributed by atoms with Crippen molar-refractivity contribution in [1.29, 1.82) is 0 Å². The molecule has 0 bridgehead atoms. The zero-order chi connectivity index (χ0) is 29.4. The van der Waals surface area contributed by atoms with Crippen LogP contribution in [0.25, 0.3) is 5.76 Å². The van der Waals surface area contributed by atoms with E-state index in [1.165, 1.54) is 0 Å². The second-order valence-corrected chi connectivity index (χ2v) is 12.1. The first kappa shape index (κ1) is 28.3. The molecule has 0 radical (unpaired) electrons. The average Bonchev–Trinajstić information content (AvgIpc) is 2.86. The van der Waals surface area contributed by atoms with Gasteiger partial charge in [0.2, 0.25) is 11.7 Å². The van der Waals surface area contributed by atoms with Gasteiger partial charge in [-0.25, -0.2) is 0 Å². The van der Waals surface area contributed by atoms with Gasteiger partial charge < -0.3 is 45.8 Å². The molecule has 6 N–H and O–H groups in total. The SMILES string of the molecule is CN1CCN(c2cc(N(C)C)c3c(c2O)C(O)=C2C(=O)[C@]4(O)C(=O)C(C(N)=O)C(O)[C@@H](N(C)C)[C@@H]4C[C@@H]2C3)CC1. The predicted molar refractivity (Wildman–Crippen MR) is 148 cm³/mol. The Labute approximate surface area is 233 Å². The summed E-state index contributed by atoms with van der Waals surface area (Å²) in [6.07, 6.45) is -1.16. The number of phenolic OH excluding ortho intramolecular Hbond substituents is 1. The second kappa shape index (κ2) is 9.72. The van der Waals surface area contributed by atoms with Crippen molar-refractivity contribution in [1.82, 2.24) is 9.80 Å². The van der Waals surface area contributed by atoms with E-state index < -0.39 is 58.7 Å². The lowest BCUT2D eigenvalue weighted by atomic mass is 9.54. The maximum Gasteiger partial charge on any atom is 0.230 e. The van der Waals surface area contributed by atoms with Crippen molar-refractivity contribution in [3.8, 4) is 5.75 Å². The topological polar surface area (TPSA) is 171 Å². The van der Waals surface area contributed by atoms with E-state index in [1.54, 1.807) is 19.0 Å². The zero-order valence-corrected chi connectivity index (χ0v) is 23.6. The largest absolute Gasteiger partial charge is 0.507 e. The smallest absolute Gasteiger partial charge is 0.230 e. The number of amides is 1. The highest BCUT2D eigenvalue weighted by Gasteiger charge is 2.67. The highest BCUT2D eigenvalue weighted by atomic mass is 16.3. The molecule has 1 amide bonds. The lowest BCUT2D eigenvalue weighted by Gasteiger charge is -2.53. The number of aromatic hydroxyl groups is 1. The number of hydrogen-bond acceptors (Lipinski definition) is 11. The van der Waals surface area contributed by atoms with Gasteiger partial charge in [-0.3, -0.25) is 14.4 Å². The number of carbonyl (C=O) groups is 3. The molecular formula is C28H39N5O7. The number of anilines is 2. The molecule has 12 nitrogen and oxygen atoms in total. The Morgan fingerprint density at radius 1 is 1.10 bits per heavy atom. The fourth-order valence-corrected chi connectivity index (χ4v) is 7.33. The van der Waals surface area contributed by atoms with E-state index in [9.17, 15) is 34.8 Å². The Hall–Kier alpha value is -3.19. The van der Waals surface area contributed by atoms with Crippen LogP contribution >= 0.6 is 0 Å². The van der Waals surface area contributed by atoms with Crippen molar-refractivity contribution < 1.29 is 34.8 Å². The van der Waals surface area contributed by atoms with Gasteiger partial charge in [-0.1, -0.05) is 0 Å². The van der Waals surface area contributed by atoms with Crippen LogP contribution < -0.4 is 15.5 Å². The summed E-state index contributed by atoms with van der Waals surface area (Å²) >= 11 is 0. The maximum atomic E-state index is 14.1. The van der Waals surface area contributed by atoms with E-state index in [4.69, 9.17) is 5.73 Å². The number of ketones is 2. The number of piperazine rings is 1. The summed E-state index contributed by atoms with van der Waals surface area (Å²) in [7, 11) is 9.02. The van der Waals surface area contributed by atoms with Gasteiger partial charge in [0.25, 0.3) is 0 Å². The van der Waals surface area contributed by atoms with Gasteiger partial charge in [-0.2, -0.15) is 0 Å². The molecule has 0 aromatic heterocycles. The summed E-state index contributed by atoms with van der Waals surface area (Å²) in [5.41, 5.74) is 4.71. The second-order valence-electron chi connectivity index (χ2n) is 12.1. The van der Waals surface area contributed by atoms with Crippen molar-refractivity contribution in [3.63, 3.8) is 0 Å². The molecule has 218 valence electrons. The maximum absolute atomic E-state index is 14.1. The molecular weight excluding hydrogens is 518 g/mol. The lowest BCUT2D eigenvalue weighted by Crippen LogP contribution is -2.73. The molecule has 0 spiro atoms. The number of rotatable bonds is 4. The molecule has 40 heavy (non-hydrogen) atoms. The quantitative estimate of drug-likeness (QED) is 0.286. The molecule has 1 aliphatic heterocycles. The summed E-state index contributed by atoms with van der Waals surface area (Å²) < 4.78 is 0. The molecule has 1 heterocycles. The number of aliphatic hydroxyl groups is 3. The summed E-state index contributed by atoms with van der Waals surface area (Å²) in [5.74, 6) is -7.37.